The summed E-state index contributed by atoms with van der Waals surface area (Å²) < 4.78 is 6.98. The van der Waals surface area contributed by atoms with Crippen LogP contribution in [0, 0.1) is 6.92 Å². The third kappa shape index (κ3) is 2.46. The van der Waals surface area contributed by atoms with Gasteiger partial charge in [-0.3, -0.25) is 8.75 Å². The Morgan fingerprint density at radius 3 is 2.94 bits per heavy atom. The molecule has 0 radical (unpaired) electrons. The Hall–Kier alpha value is -0.650. The molecule has 2 atom stereocenters. The van der Waals surface area contributed by atoms with Crippen molar-refractivity contribution in [1.82, 2.24) is 9.27 Å². The maximum Gasteiger partial charge on any atom is 0.264 e. The molecule has 2 rings (SSSR count). The standard InChI is InChI=1S/C12H20N2O2S/c1-8-11(12(15)14(2)17-8)9-5-4-6-13-10(9)7-16-3/h9-10,13H,4-7H2,1-3H3. The summed E-state index contributed by atoms with van der Waals surface area (Å²) in [7, 11) is 3.55. The van der Waals surface area contributed by atoms with E-state index in [4.69, 9.17) is 4.74 Å². The Bertz CT molecular complexity index is 436. The zero-order valence-corrected chi connectivity index (χ0v) is 11.5. The molecule has 1 N–H and O–H groups in total. The fourth-order valence-corrected chi connectivity index (χ4v) is 3.62. The highest BCUT2D eigenvalue weighted by molar-refractivity contribution is 7.06. The van der Waals surface area contributed by atoms with Crippen LogP contribution in [0.5, 0.6) is 0 Å². The van der Waals surface area contributed by atoms with Crippen LogP contribution in [0.25, 0.3) is 0 Å². The summed E-state index contributed by atoms with van der Waals surface area (Å²) in [6, 6.07) is 0.273. The van der Waals surface area contributed by atoms with Crippen LogP contribution in [-0.2, 0) is 11.8 Å². The Kier molecular flexibility index (Phi) is 4.01. The van der Waals surface area contributed by atoms with Crippen LogP contribution in [0.2, 0.25) is 0 Å². The van der Waals surface area contributed by atoms with Crippen LogP contribution in [0.15, 0.2) is 4.79 Å². The Balaban J connectivity index is 2.32. The van der Waals surface area contributed by atoms with Crippen molar-refractivity contribution < 1.29 is 4.74 Å². The summed E-state index contributed by atoms with van der Waals surface area (Å²) >= 11 is 1.55. The van der Waals surface area contributed by atoms with Gasteiger partial charge in [0, 0.05) is 36.6 Å². The molecule has 0 aliphatic carbocycles. The number of hydrogen-bond donors (Lipinski definition) is 1. The lowest BCUT2D eigenvalue weighted by Gasteiger charge is -2.31. The van der Waals surface area contributed by atoms with Crippen molar-refractivity contribution in [3.63, 3.8) is 0 Å². The van der Waals surface area contributed by atoms with Crippen LogP contribution < -0.4 is 10.9 Å². The SMILES string of the molecule is COCC1NCCCC1c1c(C)sn(C)c1=O. The molecule has 0 aromatic carbocycles. The van der Waals surface area contributed by atoms with E-state index in [0.29, 0.717) is 12.5 Å². The van der Waals surface area contributed by atoms with Gasteiger partial charge in [-0.05, 0) is 26.3 Å². The van der Waals surface area contributed by atoms with Crippen molar-refractivity contribution in [2.75, 3.05) is 20.3 Å². The molecule has 0 amide bonds. The van der Waals surface area contributed by atoms with E-state index in [0.717, 1.165) is 29.8 Å². The fourth-order valence-electron chi connectivity index (χ4n) is 2.69. The molecule has 0 saturated carbocycles. The second-order valence-electron chi connectivity index (χ2n) is 4.63. The molecule has 1 aromatic heterocycles. The third-order valence-electron chi connectivity index (χ3n) is 3.47. The highest BCUT2D eigenvalue weighted by atomic mass is 32.1. The number of methoxy groups -OCH3 is 1. The molecule has 96 valence electrons. The average Bonchev–Trinajstić information content (AvgIpc) is 2.55. The molecule has 4 nitrogen and oxygen atoms in total. The van der Waals surface area contributed by atoms with Gasteiger partial charge in [0.2, 0.25) is 0 Å². The lowest BCUT2D eigenvalue weighted by atomic mass is 9.85. The average molecular weight is 256 g/mol. The van der Waals surface area contributed by atoms with Crippen molar-refractivity contribution in [1.29, 1.82) is 0 Å². The van der Waals surface area contributed by atoms with Crippen molar-refractivity contribution in [2.45, 2.75) is 31.7 Å². The minimum atomic E-state index is 0.169. The molecule has 2 heterocycles. The van der Waals surface area contributed by atoms with E-state index in [9.17, 15) is 4.79 Å². The predicted molar refractivity (Wildman–Crippen MR) is 69.9 cm³/mol. The minimum Gasteiger partial charge on any atom is -0.383 e. The summed E-state index contributed by atoms with van der Waals surface area (Å²) in [5, 5.41) is 3.46. The number of rotatable bonds is 3. The molecule has 1 fully saturated rings. The van der Waals surface area contributed by atoms with Crippen molar-refractivity contribution >= 4 is 11.5 Å². The molecule has 1 aliphatic rings. The topological polar surface area (TPSA) is 43.3 Å². The van der Waals surface area contributed by atoms with Crippen LogP contribution >= 0.6 is 11.5 Å². The number of ether oxygens (including phenoxy) is 1. The monoisotopic (exact) mass is 256 g/mol. The number of nitrogens with one attached hydrogen (secondary N) is 1. The van der Waals surface area contributed by atoms with E-state index >= 15 is 0 Å². The van der Waals surface area contributed by atoms with Crippen LogP contribution in [-0.4, -0.2) is 30.3 Å². The molecule has 0 bridgehead atoms. The van der Waals surface area contributed by atoms with Gasteiger partial charge >= 0.3 is 0 Å². The smallest absolute Gasteiger partial charge is 0.264 e. The summed E-state index contributed by atoms with van der Waals surface area (Å²) in [6.45, 7) is 3.73. The number of nitrogens with zero attached hydrogens (tertiary/aromatic N) is 1. The Morgan fingerprint density at radius 2 is 2.35 bits per heavy atom. The van der Waals surface area contributed by atoms with Crippen LogP contribution in [0.4, 0.5) is 0 Å². The lowest BCUT2D eigenvalue weighted by molar-refractivity contribution is 0.142. The first-order valence-corrected chi connectivity index (χ1v) is 6.81. The van der Waals surface area contributed by atoms with Gasteiger partial charge in [-0.1, -0.05) is 11.5 Å². The lowest BCUT2D eigenvalue weighted by Crippen LogP contribution is -2.44. The van der Waals surface area contributed by atoms with Gasteiger partial charge in [-0.15, -0.1) is 0 Å². The normalized spacial score (nSPS) is 25.1. The maximum absolute atomic E-state index is 12.1. The largest absolute Gasteiger partial charge is 0.383 e. The number of aromatic nitrogens is 1. The highest BCUT2D eigenvalue weighted by Gasteiger charge is 2.30. The first kappa shape index (κ1) is 12.8. The predicted octanol–water partition coefficient (Wildman–Crippen LogP) is 1.24. The molecule has 0 spiro atoms. The van der Waals surface area contributed by atoms with Gasteiger partial charge in [0.05, 0.1) is 6.61 Å². The van der Waals surface area contributed by atoms with E-state index in [1.54, 1.807) is 22.6 Å². The van der Waals surface area contributed by atoms with Gasteiger partial charge in [0.15, 0.2) is 0 Å². The zero-order chi connectivity index (χ0) is 12.4. The molecule has 2 unspecified atom stereocenters. The quantitative estimate of drug-likeness (QED) is 0.885. The van der Waals surface area contributed by atoms with Gasteiger partial charge in [-0.2, -0.15) is 0 Å². The summed E-state index contributed by atoms with van der Waals surface area (Å²) in [5.41, 5.74) is 1.16. The second kappa shape index (κ2) is 5.33. The number of piperidine rings is 1. The summed E-state index contributed by atoms with van der Waals surface area (Å²) in [6.07, 6.45) is 2.21. The molecular formula is C12H20N2O2S. The van der Waals surface area contributed by atoms with Crippen LogP contribution in [0.3, 0.4) is 0 Å². The second-order valence-corrected chi connectivity index (χ2v) is 5.97. The van der Waals surface area contributed by atoms with Gasteiger partial charge in [0.1, 0.15) is 0 Å². The fraction of sp³-hybridized carbons (Fsp3) is 0.750. The Morgan fingerprint density at radius 1 is 1.59 bits per heavy atom. The van der Waals surface area contributed by atoms with Gasteiger partial charge < -0.3 is 10.1 Å². The van der Waals surface area contributed by atoms with E-state index in [-0.39, 0.29) is 11.6 Å². The summed E-state index contributed by atoms with van der Waals surface area (Å²) in [4.78, 5) is 13.3. The minimum absolute atomic E-state index is 0.169. The number of hydrogen-bond acceptors (Lipinski definition) is 4. The van der Waals surface area contributed by atoms with Crippen molar-refractivity contribution in [3.05, 3.63) is 20.8 Å². The zero-order valence-electron chi connectivity index (χ0n) is 10.7. The molecular weight excluding hydrogens is 236 g/mol. The summed E-state index contributed by atoms with van der Waals surface area (Å²) in [5.74, 6) is 0.300. The maximum atomic E-state index is 12.1. The van der Waals surface area contributed by atoms with E-state index < -0.39 is 0 Å². The molecule has 17 heavy (non-hydrogen) atoms. The van der Waals surface area contributed by atoms with E-state index in [2.05, 4.69) is 5.32 Å². The molecule has 5 heteroatoms. The molecule has 1 aromatic rings. The molecule has 1 aliphatic heterocycles. The first-order valence-electron chi connectivity index (χ1n) is 6.04. The Labute approximate surface area is 106 Å². The third-order valence-corrected chi connectivity index (χ3v) is 4.40. The molecule has 1 saturated heterocycles. The number of aryl methyl sites for hydroxylation is 2. The first-order chi connectivity index (χ1) is 8.15. The van der Waals surface area contributed by atoms with Crippen molar-refractivity contribution in [3.8, 4) is 0 Å². The van der Waals surface area contributed by atoms with Crippen LogP contribution in [0.1, 0.15) is 29.2 Å². The van der Waals surface area contributed by atoms with Crippen molar-refractivity contribution in [2.24, 2.45) is 7.05 Å². The highest BCUT2D eigenvalue weighted by Crippen LogP contribution is 2.29. The van der Waals surface area contributed by atoms with Gasteiger partial charge in [0.25, 0.3) is 5.56 Å². The van der Waals surface area contributed by atoms with E-state index in [1.165, 1.54) is 0 Å². The van der Waals surface area contributed by atoms with Gasteiger partial charge in [-0.25, -0.2) is 0 Å². The van der Waals surface area contributed by atoms with E-state index in [1.807, 2.05) is 14.0 Å².